The van der Waals surface area contributed by atoms with Crippen molar-refractivity contribution in [1.82, 2.24) is 19.9 Å². The van der Waals surface area contributed by atoms with E-state index in [-0.39, 0.29) is 90.0 Å². The summed E-state index contributed by atoms with van der Waals surface area (Å²) < 4.78 is 188. The molecule has 0 atom stereocenters. The molecule has 624 valence electrons. The molecule has 122 heavy (non-hydrogen) atoms. The summed E-state index contributed by atoms with van der Waals surface area (Å²) in [5, 5.41) is 14.6. The minimum absolute atomic E-state index is 0.00979. The Hall–Kier alpha value is -13.1. The highest BCUT2D eigenvalue weighted by Gasteiger charge is 2.22. The molecule has 0 unspecified atom stereocenters. The van der Waals surface area contributed by atoms with Gasteiger partial charge in [0, 0.05) is 92.0 Å². The lowest BCUT2D eigenvalue weighted by Crippen LogP contribution is -2.17. The summed E-state index contributed by atoms with van der Waals surface area (Å²) in [4.78, 5) is 65.4. The lowest BCUT2D eigenvalue weighted by Gasteiger charge is -2.10. The summed E-state index contributed by atoms with van der Waals surface area (Å²) in [5.74, 6) is -9.01. The van der Waals surface area contributed by atoms with E-state index in [1.165, 1.54) is 110 Å². The first-order valence-electron chi connectivity index (χ1n) is 35.4. The fraction of sp³-hybridized carbons (Fsp3) is 0.0476. The number of halogens is 10. The lowest BCUT2D eigenvalue weighted by atomic mass is 10.1. The molecule has 10 aromatic carbocycles. The quantitative estimate of drug-likeness (QED) is 0.0261. The van der Waals surface area contributed by atoms with E-state index in [1.807, 2.05) is 66.7 Å². The van der Waals surface area contributed by atoms with Crippen LogP contribution in [0.3, 0.4) is 0 Å². The van der Waals surface area contributed by atoms with Gasteiger partial charge in [-0.3, -0.25) is 38.1 Å². The molecule has 0 saturated carbocycles. The number of hydrogen-bond acceptors (Lipinski definition) is 16. The topological polar surface area (TPSA) is 353 Å². The second-order valence-electron chi connectivity index (χ2n) is 26.1. The average molecular weight is 1820 g/mol. The van der Waals surface area contributed by atoms with E-state index < -0.39 is 98.6 Å². The highest BCUT2D eigenvalue weighted by molar-refractivity contribution is 7.92. The second kappa shape index (κ2) is 40.3. The van der Waals surface area contributed by atoms with Crippen LogP contribution in [0.4, 0.5) is 72.4 Å². The van der Waals surface area contributed by atoms with Crippen LogP contribution in [0.5, 0.6) is 0 Å². The highest BCUT2D eigenvalue weighted by atomic mass is 35.5. The zero-order valence-electron chi connectivity index (χ0n) is 62.5. The van der Waals surface area contributed by atoms with Crippen molar-refractivity contribution in [3.63, 3.8) is 0 Å². The van der Waals surface area contributed by atoms with E-state index >= 15 is 0 Å². The van der Waals surface area contributed by atoms with Crippen LogP contribution < -0.4 is 40.2 Å². The van der Waals surface area contributed by atoms with Crippen LogP contribution in [-0.4, -0.2) is 77.2 Å². The van der Waals surface area contributed by atoms with Crippen molar-refractivity contribution in [2.45, 2.75) is 23.0 Å². The number of nitrogens with zero attached hydrogens (tertiary/aromatic N) is 4. The molecule has 14 aromatic rings. The van der Waals surface area contributed by atoms with Gasteiger partial charge in [-0.05, 0) is 177 Å². The van der Waals surface area contributed by atoms with Gasteiger partial charge in [0.05, 0.1) is 33.1 Å². The Labute approximate surface area is 714 Å². The van der Waals surface area contributed by atoms with E-state index in [4.69, 9.17) is 46.4 Å². The molecular formula is C84H62Cl4F6N12O12S4. The van der Waals surface area contributed by atoms with Crippen molar-refractivity contribution in [3.05, 3.63) is 379 Å². The maximum atomic E-state index is 13.3. The summed E-state index contributed by atoms with van der Waals surface area (Å²) in [5.41, 5.74) is 3.50. The number of nitrogens with one attached hydrogen (secondary N) is 8. The number of carbonyl (C=O) groups is 4. The summed E-state index contributed by atoms with van der Waals surface area (Å²) in [6.07, 6.45) is 5.14. The number of hydrogen-bond donors (Lipinski definition) is 8. The normalized spacial score (nSPS) is 11.2. The smallest absolute Gasteiger partial charge is 0.255 e. The second-order valence-corrected chi connectivity index (χ2v) is 34.7. The number of fused-ring (bicyclic) bond motifs is 2. The highest BCUT2D eigenvalue weighted by Crippen LogP contribution is 2.27. The third kappa shape index (κ3) is 27.0. The van der Waals surface area contributed by atoms with Gasteiger partial charge >= 0.3 is 0 Å². The van der Waals surface area contributed by atoms with E-state index in [0.717, 1.165) is 57.9 Å². The standard InChI is InChI=1S/C23H17ClFN3O3S.C23H17F2N3O3S.C19H14Cl2FN3O3S.C19H14ClF2N3O3S/c24-20-13-19(7-8-21(20)25)27-23(29)18-9-10-26-22(12-18)28-32(30,31)14-15-5-6-16-3-1-2-4-17(16)11-15;24-20-8-7-19(13-21(20)25)27-23(29)18-9-10-26-22(12-18)28-32(30,31)14-15-5-6-16-3-1-2-4-17(16)11-15;20-14-3-1-12(2-4-14)11-29(27,28)25-18-9-13(7-8-23-18)19(26)24-15-5-6-17(22)16(21)10-15;20-14-3-1-12(2-4-14)11-29(27,28)25-18-9-13(7-8-23-18)19(26)24-15-5-6-16(21)17(22)10-15/h2*1-13H,14H2,(H,26,28)(H,27,29);2*1-10H,11H2,(H,23,25)(H,24,26). The van der Waals surface area contributed by atoms with Gasteiger partial charge in [0.15, 0.2) is 23.3 Å². The molecule has 4 aromatic heterocycles. The number of aromatic nitrogens is 4. The van der Waals surface area contributed by atoms with E-state index in [2.05, 4.69) is 60.1 Å². The van der Waals surface area contributed by atoms with Gasteiger partial charge in [-0.1, -0.05) is 156 Å². The molecule has 0 aliphatic rings. The summed E-state index contributed by atoms with van der Waals surface area (Å²) in [7, 11) is -15.1. The summed E-state index contributed by atoms with van der Waals surface area (Å²) >= 11 is 23.0. The molecular weight excluding hydrogens is 1750 g/mol. The number of benzene rings is 10. The Bertz CT molecular complexity index is 6370. The first kappa shape index (κ1) is 89.7. The van der Waals surface area contributed by atoms with Crippen molar-refractivity contribution < 1.29 is 79.2 Å². The molecule has 14 rings (SSSR count). The number of amides is 4. The molecule has 0 aliphatic carbocycles. The van der Waals surface area contributed by atoms with Crippen molar-refractivity contribution in [3.8, 4) is 0 Å². The fourth-order valence-corrected chi connectivity index (χ4v) is 16.2. The Morgan fingerprint density at radius 1 is 0.262 bits per heavy atom. The van der Waals surface area contributed by atoms with Crippen molar-refractivity contribution >= 4 is 178 Å². The molecule has 0 fully saturated rings. The molecule has 0 saturated heterocycles. The van der Waals surface area contributed by atoms with Gasteiger partial charge in [0.2, 0.25) is 40.1 Å². The summed E-state index contributed by atoms with van der Waals surface area (Å²) in [6.45, 7) is 0. The van der Waals surface area contributed by atoms with E-state index in [1.54, 1.807) is 66.7 Å². The van der Waals surface area contributed by atoms with Crippen LogP contribution in [0.1, 0.15) is 63.7 Å². The molecule has 4 amide bonds. The number of sulfonamides is 4. The van der Waals surface area contributed by atoms with Crippen LogP contribution in [0.2, 0.25) is 20.1 Å². The zero-order chi connectivity index (χ0) is 87.5. The van der Waals surface area contributed by atoms with Crippen LogP contribution >= 0.6 is 46.4 Å². The largest absolute Gasteiger partial charge is 0.322 e. The van der Waals surface area contributed by atoms with E-state index in [0.29, 0.717) is 43.7 Å². The van der Waals surface area contributed by atoms with Crippen LogP contribution in [-0.2, 0) is 63.1 Å². The monoisotopic (exact) mass is 1810 g/mol. The number of anilines is 8. The SMILES string of the molecule is O=C(Nc1ccc(F)c(Cl)c1)c1ccnc(NS(=O)(=O)Cc2ccc(Cl)cc2)c1.O=C(Nc1ccc(F)c(Cl)c1)c1ccnc(NS(=O)(=O)Cc2ccc3ccccc3c2)c1.O=C(Nc1ccc(F)c(F)c1)c1ccnc(NS(=O)(=O)Cc2ccc(Cl)cc2)c1.O=C(Nc1ccc(F)c(F)c1)c1ccnc(NS(=O)(=O)Cc2ccc3ccccc3c2)c1. The number of rotatable bonds is 24. The van der Waals surface area contributed by atoms with Crippen LogP contribution in [0.25, 0.3) is 21.5 Å². The molecule has 8 N–H and O–H groups in total. The molecule has 0 bridgehead atoms. The Balaban J connectivity index is 0.000000159. The van der Waals surface area contributed by atoms with Crippen molar-refractivity contribution in [2.75, 3.05) is 40.2 Å². The summed E-state index contributed by atoms with van der Waals surface area (Å²) in [6, 6.07) is 62.9. The number of carbonyl (C=O) groups excluding carboxylic acids is 4. The molecule has 38 heteroatoms. The molecule has 0 spiro atoms. The maximum absolute atomic E-state index is 13.3. The first-order valence-corrected chi connectivity index (χ1v) is 43.5. The van der Waals surface area contributed by atoms with Crippen molar-refractivity contribution in [1.29, 1.82) is 0 Å². The molecule has 24 nitrogen and oxygen atoms in total. The first-order chi connectivity index (χ1) is 58.0. The Morgan fingerprint density at radius 3 is 0.795 bits per heavy atom. The predicted octanol–water partition coefficient (Wildman–Crippen LogP) is 18.9. The Morgan fingerprint density at radius 2 is 0.516 bits per heavy atom. The third-order valence-corrected chi connectivity index (χ3v) is 22.7. The minimum atomic E-state index is -3.80. The number of pyridine rings is 4. The predicted molar refractivity (Wildman–Crippen MR) is 460 cm³/mol. The molecule has 0 radical (unpaired) electrons. The third-order valence-electron chi connectivity index (χ3n) is 16.7. The lowest BCUT2D eigenvalue weighted by molar-refractivity contribution is 0.101. The van der Waals surface area contributed by atoms with E-state index in [9.17, 15) is 79.2 Å². The van der Waals surface area contributed by atoms with Gasteiger partial charge in [0.25, 0.3) is 23.6 Å². The maximum Gasteiger partial charge on any atom is 0.255 e. The van der Waals surface area contributed by atoms with Gasteiger partial charge in [-0.25, -0.2) is 79.9 Å². The average Bonchev–Trinajstić information content (AvgIpc) is 0.827. The minimum Gasteiger partial charge on any atom is -0.322 e. The molecule has 4 heterocycles. The van der Waals surface area contributed by atoms with Crippen molar-refractivity contribution in [2.24, 2.45) is 0 Å². The van der Waals surface area contributed by atoms with Gasteiger partial charge in [-0.15, -0.1) is 0 Å². The Kier molecular flexibility index (Phi) is 29.7. The van der Waals surface area contributed by atoms with Gasteiger partial charge in [-0.2, -0.15) is 0 Å². The van der Waals surface area contributed by atoms with Crippen LogP contribution in [0, 0.1) is 34.9 Å². The zero-order valence-corrected chi connectivity index (χ0v) is 68.8. The van der Waals surface area contributed by atoms with Gasteiger partial charge in [0.1, 0.15) is 34.9 Å². The van der Waals surface area contributed by atoms with Crippen LogP contribution in [0.15, 0.2) is 280 Å². The fourth-order valence-electron chi connectivity index (χ4n) is 11.1. The molecule has 0 aliphatic heterocycles. The van der Waals surface area contributed by atoms with Gasteiger partial charge < -0.3 is 21.3 Å².